The highest BCUT2D eigenvalue weighted by atomic mass is 16.4. The van der Waals surface area contributed by atoms with Crippen molar-refractivity contribution >= 4 is 0 Å². The Morgan fingerprint density at radius 2 is 2.31 bits per heavy atom. The van der Waals surface area contributed by atoms with Gasteiger partial charge in [0.2, 0.25) is 0 Å². The highest BCUT2D eigenvalue weighted by molar-refractivity contribution is 5.04. The summed E-state index contributed by atoms with van der Waals surface area (Å²) in [6.45, 7) is 0. The Hall–Kier alpha value is -0.800. The van der Waals surface area contributed by atoms with Crippen LogP contribution in [-0.2, 0) is 0 Å². The predicted octanol–water partition coefficient (Wildman–Crippen LogP) is 1.47. The lowest BCUT2D eigenvalue weighted by molar-refractivity contribution is 0.0186. The minimum atomic E-state index is -0.646. The molecule has 1 fully saturated rings. The van der Waals surface area contributed by atoms with Gasteiger partial charge in [0.05, 0.1) is 12.4 Å². The summed E-state index contributed by atoms with van der Waals surface area (Å²) in [5.41, 5.74) is 0. The van der Waals surface area contributed by atoms with Gasteiger partial charge in [0.15, 0.2) is 0 Å². The molecule has 1 aliphatic carbocycles. The first-order valence-electron chi connectivity index (χ1n) is 4.68. The molecule has 1 aliphatic rings. The molecule has 2 N–H and O–H groups in total. The fraction of sp³-hybridized carbons (Fsp3) is 0.600. The zero-order valence-electron chi connectivity index (χ0n) is 7.39. The van der Waals surface area contributed by atoms with Crippen molar-refractivity contribution in [1.29, 1.82) is 0 Å². The van der Waals surface area contributed by atoms with Gasteiger partial charge in [0, 0.05) is 5.92 Å². The van der Waals surface area contributed by atoms with Gasteiger partial charge in [0.1, 0.15) is 11.9 Å². The second kappa shape index (κ2) is 3.52. The summed E-state index contributed by atoms with van der Waals surface area (Å²) in [5.74, 6) is 0.511. The molecule has 0 spiro atoms. The van der Waals surface area contributed by atoms with Gasteiger partial charge in [-0.2, -0.15) is 0 Å². The third-order valence-corrected chi connectivity index (χ3v) is 2.77. The molecule has 72 valence electrons. The van der Waals surface area contributed by atoms with Crippen LogP contribution in [0.4, 0.5) is 0 Å². The third kappa shape index (κ3) is 1.62. The smallest absolute Gasteiger partial charge is 0.132 e. The van der Waals surface area contributed by atoms with Gasteiger partial charge < -0.3 is 14.6 Å². The molecule has 0 radical (unpaired) electrons. The zero-order valence-corrected chi connectivity index (χ0v) is 7.39. The van der Waals surface area contributed by atoms with Crippen molar-refractivity contribution in [3.63, 3.8) is 0 Å². The quantitative estimate of drug-likeness (QED) is 0.728. The van der Waals surface area contributed by atoms with E-state index in [9.17, 15) is 10.2 Å². The minimum Gasteiger partial charge on any atom is -0.467 e. The molecule has 0 saturated heterocycles. The lowest BCUT2D eigenvalue weighted by atomic mass is 9.97. The molecule has 1 aromatic heterocycles. The topological polar surface area (TPSA) is 53.6 Å². The standard InChI is InChI=1S/C10H14O3/c11-8-4-1-3-7(8)10(12)9-5-2-6-13-9/h2,5-8,10-12H,1,3-4H2/t7-,8-,10+/m1/s1. The average molecular weight is 182 g/mol. The van der Waals surface area contributed by atoms with Crippen molar-refractivity contribution in [2.45, 2.75) is 31.5 Å². The summed E-state index contributed by atoms with van der Waals surface area (Å²) >= 11 is 0. The van der Waals surface area contributed by atoms with Crippen LogP contribution in [0.25, 0.3) is 0 Å². The SMILES string of the molecule is O[C@@H]1CCC[C@H]1[C@H](O)c1ccco1. The van der Waals surface area contributed by atoms with Crippen LogP contribution in [0.2, 0.25) is 0 Å². The van der Waals surface area contributed by atoms with Crippen molar-refractivity contribution < 1.29 is 14.6 Å². The zero-order chi connectivity index (χ0) is 9.26. The summed E-state index contributed by atoms with van der Waals surface area (Å²) in [5, 5.41) is 19.4. The van der Waals surface area contributed by atoms with Crippen molar-refractivity contribution in [3.8, 4) is 0 Å². The summed E-state index contributed by atoms with van der Waals surface area (Å²) in [6.07, 6.45) is 3.18. The van der Waals surface area contributed by atoms with Crippen molar-refractivity contribution in [3.05, 3.63) is 24.2 Å². The maximum atomic E-state index is 9.83. The van der Waals surface area contributed by atoms with Crippen LogP contribution < -0.4 is 0 Å². The molecular formula is C10H14O3. The van der Waals surface area contributed by atoms with E-state index in [-0.39, 0.29) is 12.0 Å². The van der Waals surface area contributed by atoms with Crippen LogP contribution in [0.15, 0.2) is 22.8 Å². The first kappa shape index (κ1) is 8.78. The third-order valence-electron chi connectivity index (χ3n) is 2.77. The second-order valence-electron chi connectivity index (χ2n) is 3.62. The number of hydrogen-bond acceptors (Lipinski definition) is 3. The molecule has 1 saturated carbocycles. The number of hydrogen-bond donors (Lipinski definition) is 2. The normalized spacial score (nSPS) is 30.6. The van der Waals surface area contributed by atoms with Gasteiger partial charge in [-0.15, -0.1) is 0 Å². The number of aliphatic hydroxyl groups excluding tert-OH is 2. The number of furan rings is 1. The van der Waals surface area contributed by atoms with Crippen LogP contribution in [0, 0.1) is 5.92 Å². The fourth-order valence-electron chi connectivity index (χ4n) is 2.01. The highest BCUT2D eigenvalue weighted by Gasteiger charge is 2.33. The van der Waals surface area contributed by atoms with E-state index in [1.165, 1.54) is 0 Å². The minimum absolute atomic E-state index is 0.0499. The average Bonchev–Trinajstić information content (AvgIpc) is 2.72. The molecule has 3 heteroatoms. The van der Waals surface area contributed by atoms with Gasteiger partial charge in [-0.25, -0.2) is 0 Å². The van der Waals surface area contributed by atoms with Gasteiger partial charge >= 0.3 is 0 Å². The van der Waals surface area contributed by atoms with E-state index >= 15 is 0 Å². The van der Waals surface area contributed by atoms with Gasteiger partial charge in [-0.1, -0.05) is 6.42 Å². The molecule has 2 rings (SSSR count). The fourth-order valence-corrected chi connectivity index (χ4v) is 2.01. The Balaban J connectivity index is 2.08. The predicted molar refractivity (Wildman–Crippen MR) is 47.0 cm³/mol. The number of rotatable bonds is 2. The highest BCUT2D eigenvalue weighted by Crippen LogP contribution is 2.35. The Morgan fingerprint density at radius 3 is 2.85 bits per heavy atom. The molecule has 1 heterocycles. The lowest BCUT2D eigenvalue weighted by Gasteiger charge is -2.18. The Labute approximate surface area is 77.0 Å². The molecule has 1 aromatic rings. The van der Waals surface area contributed by atoms with Crippen LogP contribution in [0.3, 0.4) is 0 Å². The van der Waals surface area contributed by atoms with E-state index in [1.54, 1.807) is 18.4 Å². The van der Waals surface area contributed by atoms with E-state index < -0.39 is 6.10 Å². The summed E-state index contributed by atoms with van der Waals surface area (Å²) in [6, 6.07) is 3.50. The maximum absolute atomic E-state index is 9.83. The summed E-state index contributed by atoms with van der Waals surface area (Å²) in [7, 11) is 0. The first-order valence-corrected chi connectivity index (χ1v) is 4.68. The molecule has 0 unspecified atom stereocenters. The van der Waals surface area contributed by atoms with Gasteiger partial charge in [-0.3, -0.25) is 0 Å². The maximum Gasteiger partial charge on any atom is 0.132 e. The molecule has 0 aliphatic heterocycles. The largest absolute Gasteiger partial charge is 0.467 e. The van der Waals surface area contributed by atoms with E-state index in [4.69, 9.17) is 4.42 Å². The molecule has 3 nitrogen and oxygen atoms in total. The van der Waals surface area contributed by atoms with Gasteiger partial charge in [0.25, 0.3) is 0 Å². The van der Waals surface area contributed by atoms with Crippen molar-refractivity contribution in [2.75, 3.05) is 0 Å². The van der Waals surface area contributed by atoms with E-state index in [2.05, 4.69) is 0 Å². The van der Waals surface area contributed by atoms with Crippen LogP contribution in [0.5, 0.6) is 0 Å². The summed E-state index contributed by atoms with van der Waals surface area (Å²) < 4.78 is 5.09. The first-order chi connectivity index (χ1) is 6.29. The molecule has 0 amide bonds. The van der Waals surface area contributed by atoms with Crippen molar-refractivity contribution in [1.82, 2.24) is 0 Å². The monoisotopic (exact) mass is 182 g/mol. The molecule has 13 heavy (non-hydrogen) atoms. The Bertz CT molecular complexity index is 255. The van der Waals surface area contributed by atoms with Crippen LogP contribution in [0.1, 0.15) is 31.1 Å². The van der Waals surface area contributed by atoms with E-state index in [0.717, 1.165) is 19.3 Å². The van der Waals surface area contributed by atoms with E-state index in [1.807, 2.05) is 0 Å². The van der Waals surface area contributed by atoms with Crippen LogP contribution in [-0.4, -0.2) is 16.3 Å². The van der Waals surface area contributed by atoms with E-state index in [0.29, 0.717) is 5.76 Å². The van der Waals surface area contributed by atoms with Crippen LogP contribution >= 0.6 is 0 Å². The second-order valence-corrected chi connectivity index (χ2v) is 3.62. The Kier molecular flexibility index (Phi) is 2.38. The molecule has 0 bridgehead atoms. The molecular weight excluding hydrogens is 168 g/mol. The molecule has 0 aromatic carbocycles. The molecule has 3 atom stereocenters. The summed E-state index contributed by atoms with van der Waals surface area (Å²) in [4.78, 5) is 0. The number of aliphatic hydroxyl groups is 2. The van der Waals surface area contributed by atoms with Gasteiger partial charge in [-0.05, 0) is 25.0 Å². The van der Waals surface area contributed by atoms with Crippen molar-refractivity contribution in [2.24, 2.45) is 5.92 Å². The lowest BCUT2D eigenvalue weighted by Crippen LogP contribution is -2.20. The Morgan fingerprint density at radius 1 is 1.46 bits per heavy atom.